The molecule has 5 nitrogen and oxygen atoms in total. The summed E-state index contributed by atoms with van der Waals surface area (Å²) >= 11 is 1.28. The molecule has 1 aromatic carbocycles. The highest BCUT2D eigenvalue weighted by molar-refractivity contribution is 8.00. The Labute approximate surface area is 157 Å². The first-order valence-electron chi connectivity index (χ1n) is 8.44. The predicted octanol–water partition coefficient (Wildman–Crippen LogP) is 3.68. The Kier molecular flexibility index (Phi) is 5.55. The largest absolute Gasteiger partial charge is 0.325 e. The molecule has 0 bridgehead atoms. The molecule has 0 fully saturated rings. The number of anilines is 1. The second-order valence-electron chi connectivity index (χ2n) is 6.43. The van der Waals surface area contributed by atoms with Crippen LogP contribution in [0.1, 0.15) is 35.7 Å². The summed E-state index contributed by atoms with van der Waals surface area (Å²) in [6, 6.07) is 12.9. The van der Waals surface area contributed by atoms with Gasteiger partial charge in [0.15, 0.2) is 0 Å². The molecule has 6 heteroatoms. The number of aromatic nitrogens is 1. The standard InChI is InChI=1S/C20H18N4OS/c1-13-2-7-18-15(8-13)9-16(11-22)20(24-18)26-12-19(25)23-17-5-3-14(10-21)4-6-17/h3-6,9,13H,2,7-8,12H2,1H3,(H,23,25). The SMILES string of the molecule is CC1CCc2nc(SCC(=O)Nc3ccc(C#N)cc3)c(C#N)cc2C1. The molecule has 1 amide bonds. The summed E-state index contributed by atoms with van der Waals surface area (Å²) in [7, 11) is 0. The van der Waals surface area contributed by atoms with E-state index in [1.54, 1.807) is 24.3 Å². The third-order valence-corrected chi connectivity index (χ3v) is 5.35. The monoisotopic (exact) mass is 362 g/mol. The lowest BCUT2D eigenvalue weighted by Gasteiger charge is -2.21. The van der Waals surface area contributed by atoms with Crippen molar-refractivity contribution in [2.75, 3.05) is 11.1 Å². The highest BCUT2D eigenvalue weighted by Crippen LogP contribution is 2.29. The van der Waals surface area contributed by atoms with Gasteiger partial charge in [-0.2, -0.15) is 10.5 Å². The molecule has 0 saturated carbocycles. The Hall–Kier alpha value is -2.83. The fraction of sp³-hybridized carbons (Fsp3) is 0.300. The number of rotatable bonds is 4. The van der Waals surface area contributed by atoms with Crippen molar-refractivity contribution in [3.63, 3.8) is 0 Å². The van der Waals surface area contributed by atoms with Gasteiger partial charge in [0.1, 0.15) is 11.1 Å². The molecule has 3 rings (SSSR count). The number of nitrogens with one attached hydrogen (secondary N) is 1. The van der Waals surface area contributed by atoms with Crippen LogP contribution in [0, 0.1) is 28.6 Å². The smallest absolute Gasteiger partial charge is 0.234 e. The minimum absolute atomic E-state index is 0.170. The number of benzene rings is 1. The van der Waals surface area contributed by atoms with E-state index >= 15 is 0 Å². The van der Waals surface area contributed by atoms with Crippen molar-refractivity contribution in [3.8, 4) is 12.1 Å². The third-order valence-electron chi connectivity index (χ3n) is 4.36. The maximum absolute atomic E-state index is 12.2. The lowest BCUT2D eigenvalue weighted by atomic mass is 9.87. The van der Waals surface area contributed by atoms with E-state index < -0.39 is 0 Å². The summed E-state index contributed by atoms with van der Waals surface area (Å²) < 4.78 is 0. The number of thioether (sulfide) groups is 1. The summed E-state index contributed by atoms with van der Waals surface area (Å²) in [5, 5.41) is 21.6. The van der Waals surface area contributed by atoms with Gasteiger partial charge in [0.2, 0.25) is 5.91 Å². The topological polar surface area (TPSA) is 89.6 Å². The fourth-order valence-electron chi connectivity index (χ4n) is 2.98. The van der Waals surface area contributed by atoms with E-state index in [-0.39, 0.29) is 11.7 Å². The van der Waals surface area contributed by atoms with Crippen LogP contribution in [-0.4, -0.2) is 16.6 Å². The first-order valence-corrected chi connectivity index (χ1v) is 9.43. The summed E-state index contributed by atoms with van der Waals surface area (Å²) in [6.07, 6.45) is 2.99. The predicted molar refractivity (Wildman–Crippen MR) is 101 cm³/mol. The van der Waals surface area contributed by atoms with Crippen LogP contribution in [0.25, 0.3) is 0 Å². The zero-order valence-electron chi connectivity index (χ0n) is 14.5. The van der Waals surface area contributed by atoms with E-state index in [0.717, 1.165) is 30.5 Å². The molecule has 1 aliphatic carbocycles. The lowest BCUT2D eigenvalue weighted by molar-refractivity contribution is -0.113. The Morgan fingerprint density at radius 2 is 2.08 bits per heavy atom. The number of hydrogen-bond donors (Lipinski definition) is 1. The van der Waals surface area contributed by atoms with Crippen molar-refractivity contribution < 1.29 is 4.79 Å². The molecule has 26 heavy (non-hydrogen) atoms. The number of fused-ring (bicyclic) bond motifs is 1. The van der Waals surface area contributed by atoms with Crippen molar-refractivity contribution in [1.29, 1.82) is 10.5 Å². The molecule has 1 unspecified atom stereocenters. The third kappa shape index (κ3) is 4.22. The van der Waals surface area contributed by atoms with Crippen LogP contribution in [0.15, 0.2) is 35.4 Å². The quantitative estimate of drug-likeness (QED) is 0.838. The van der Waals surface area contributed by atoms with E-state index in [1.807, 2.05) is 12.1 Å². The van der Waals surface area contributed by atoms with Gasteiger partial charge in [0.05, 0.1) is 22.9 Å². The van der Waals surface area contributed by atoms with Crippen LogP contribution >= 0.6 is 11.8 Å². The molecule has 0 spiro atoms. The molecule has 1 N–H and O–H groups in total. The van der Waals surface area contributed by atoms with Gasteiger partial charge >= 0.3 is 0 Å². The molecule has 1 heterocycles. The van der Waals surface area contributed by atoms with E-state index in [9.17, 15) is 10.1 Å². The number of carbonyl (C=O) groups is 1. The molecule has 130 valence electrons. The van der Waals surface area contributed by atoms with Crippen LogP contribution in [0.5, 0.6) is 0 Å². The van der Waals surface area contributed by atoms with Gasteiger partial charge in [0, 0.05) is 11.4 Å². The molecule has 1 aromatic heterocycles. The van der Waals surface area contributed by atoms with Crippen LogP contribution < -0.4 is 5.32 Å². The number of aryl methyl sites for hydroxylation is 1. The Bertz CT molecular complexity index is 909. The number of carbonyl (C=O) groups excluding carboxylic acids is 1. The van der Waals surface area contributed by atoms with Gasteiger partial charge in [-0.15, -0.1) is 0 Å². The normalized spacial score (nSPS) is 15.4. The van der Waals surface area contributed by atoms with E-state index in [0.29, 0.717) is 27.8 Å². The number of amides is 1. The summed E-state index contributed by atoms with van der Waals surface area (Å²) in [4.78, 5) is 16.8. The molecule has 1 atom stereocenters. The Balaban J connectivity index is 1.66. The van der Waals surface area contributed by atoms with Gasteiger partial charge in [-0.25, -0.2) is 4.98 Å². The summed E-state index contributed by atoms with van der Waals surface area (Å²) in [5.41, 5.74) is 3.93. The molecular formula is C20H18N4OS. The molecular weight excluding hydrogens is 344 g/mol. The van der Waals surface area contributed by atoms with Crippen LogP contribution in [0.3, 0.4) is 0 Å². The minimum atomic E-state index is -0.170. The fourth-order valence-corrected chi connectivity index (χ4v) is 3.75. The van der Waals surface area contributed by atoms with E-state index in [4.69, 9.17) is 5.26 Å². The van der Waals surface area contributed by atoms with E-state index in [2.05, 4.69) is 23.3 Å². The van der Waals surface area contributed by atoms with Gasteiger partial charge in [-0.3, -0.25) is 4.79 Å². The first kappa shape index (κ1) is 18.0. The first-order chi connectivity index (χ1) is 12.6. The number of hydrogen-bond acceptors (Lipinski definition) is 5. The van der Waals surface area contributed by atoms with Gasteiger partial charge in [0.25, 0.3) is 0 Å². The van der Waals surface area contributed by atoms with Crippen molar-refractivity contribution in [2.24, 2.45) is 5.92 Å². The molecule has 0 aliphatic heterocycles. The van der Waals surface area contributed by atoms with Gasteiger partial charge < -0.3 is 5.32 Å². The number of nitrogens with zero attached hydrogens (tertiary/aromatic N) is 3. The highest BCUT2D eigenvalue weighted by Gasteiger charge is 2.19. The molecule has 0 radical (unpaired) electrons. The highest BCUT2D eigenvalue weighted by atomic mass is 32.2. The van der Waals surface area contributed by atoms with E-state index in [1.165, 1.54) is 11.8 Å². The Morgan fingerprint density at radius 3 is 2.77 bits per heavy atom. The maximum atomic E-state index is 12.2. The van der Waals surface area contributed by atoms with Crippen LogP contribution in [0.2, 0.25) is 0 Å². The zero-order chi connectivity index (χ0) is 18.5. The summed E-state index contributed by atoms with van der Waals surface area (Å²) in [5.74, 6) is 0.626. The van der Waals surface area contributed by atoms with Crippen LogP contribution in [0.4, 0.5) is 5.69 Å². The van der Waals surface area contributed by atoms with Gasteiger partial charge in [-0.05, 0) is 61.1 Å². The van der Waals surface area contributed by atoms with Crippen molar-refractivity contribution >= 4 is 23.4 Å². The Morgan fingerprint density at radius 1 is 1.31 bits per heavy atom. The second kappa shape index (κ2) is 8.03. The average Bonchev–Trinajstić information content (AvgIpc) is 2.66. The second-order valence-corrected chi connectivity index (χ2v) is 7.40. The molecule has 2 aromatic rings. The van der Waals surface area contributed by atoms with Crippen molar-refractivity contribution in [1.82, 2.24) is 4.98 Å². The summed E-state index contributed by atoms with van der Waals surface area (Å²) in [6.45, 7) is 2.21. The van der Waals surface area contributed by atoms with Crippen LogP contribution in [-0.2, 0) is 17.6 Å². The number of nitriles is 2. The molecule has 0 saturated heterocycles. The van der Waals surface area contributed by atoms with Gasteiger partial charge in [-0.1, -0.05) is 18.7 Å². The minimum Gasteiger partial charge on any atom is -0.325 e. The zero-order valence-corrected chi connectivity index (χ0v) is 15.3. The van der Waals surface area contributed by atoms with Crippen molar-refractivity contribution in [2.45, 2.75) is 31.2 Å². The van der Waals surface area contributed by atoms with Crippen molar-refractivity contribution in [3.05, 3.63) is 52.7 Å². The lowest BCUT2D eigenvalue weighted by Crippen LogP contribution is -2.16. The molecule has 1 aliphatic rings. The maximum Gasteiger partial charge on any atom is 0.234 e. The average molecular weight is 362 g/mol. The number of pyridine rings is 1.